The number of hydrogen-bond acceptors (Lipinski definition) is 4. The number of nitrogens with one attached hydrogen (secondary N) is 1. The SMILES string of the molecule is CCN(CC)Cc1ccccc1CNC(=O)Cc1coc2cc(OC)ccc12. The maximum atomic E-state index is 12.5. The second kappa shape index (κ2) is 9.42. The number of hydrogen-bond donors (Lipinski definition) is 1. The zero-order valence-corrected chi connectivity index (χ0v) is 16.8. The summed E-state index contributed by atoms with van der Waals surface area (Å²) >= 11 is 0. The maximum absolute atomic E-state index is 12.5. The minimum atomic E-state index is -0.0174. The average Bonchev–Trinajstić information content (AvgIpc) is 3.12. The standard InChI is InChI=1S/C23H28N2O3/c1-4-25(5-2)15-18-9-7-6-8-17(18)14-24-23(26)12-19-16-28-22-13-20(27-3)10-11-21(19)22/h6-11,13,16H,4-5,12,14-15H2,1-3H3,(H,24,26). The second-order valence-electron chi connectivity index (χ2n) is 6.81. The van der Waals surface area contributed by atoms with E-state index in [1.807, 2.05) is 24.3 Å². The molecule has 5 nitrogen and oxygen atoms in total. The predicted molar refractivity (Wildman–Crippen MR) is 111 cm³/mol. The summed E-state index contributed by atoms with van der Waals surface area (Å²) in [5.41, 5.74) is 4.02. The first kappa shape index (κ1) is 20.0. The summed E-state index contributed by atoms with van der Waals surface area (Å²) in [4.78, 5) is 14.9. The lowest BCUT2D eigenvalue weighted by Gasteiger charge is -2.20. The van der Waals surface area contributed by atoms with E-state index in [1.54, 1.807) is 13.4 Å². The van der Waals surface area contributed by atoms with Crippen molar-refractivity contribution in [3.8, 4) is 5.75 Å². The van der Waals surface area contributed by atoms with Crippen molar-refractivity contribution in [3.63, 3.8) is 0 Å². The molecule has 2 aromatic carbocycles. The quantitative estimate of drug-likeness (QED) is 0.606. The third-order valence-electron chi connectivity index (χ3n) is 5.10. The van der Waals surface area contributed by atoms with Gasteiger partial charge in [-0.1, -0.05) is 38.1 Å². The van der Waals surface area contributed by atoms with Crippen molar-refractivity contribution < 1.29 is 13.9 Å². The Kier molecular flexibility index (Phi) is 6.71. The molecule has 5 heteroatoms. The molecule has 28 heavy (non-hydrogen) atoms. The van der Waals surface area contributed by atoms with Crippen LogP contribution in [0.4, 0.5) is 0 Å². The summed E-state index contributed by atoms with van der Waals surface area (Å²) in [6.07, 6.45) is 1.94. The van der Waals surface area contributed by atoms with Crippen LogP contribution in [0.5, 0.6) is 5.75 Å². The Bertz CT molecular complexity index is 928. The van der Waals surface area contributed by atoms with Crippen molar-refractivity contribution in [1.82, 2.24) is 10.2 Å². The molecule has 0 aliphatic heterocycles. The summed E-state index contributed by atoms with van der Waals surface area (Å²) in [5, 5.41) is 3.99. The number of fused-ring (bicyclic) bond motifs is 1. The lowest BCUT2D eigenvalue weighted by molar-refractivity contribution is -0.120. The molecule has 0 atom stereocenters. The Balaban J connectivity index is 1.64. The number of amides is 1. The summed E-state index contributed by atoms with van der Waals surface area (Å²) in [6.45, 7) is 7.77. The molecule has 0 radical (unpaired) electrons. The Morgan fingerprint density at radius 2 is 1.82 bits per heavy atom. The molecule has 1 aromatic heterocycles. The van der Waals surface area contributed by atoms with E-state index in [2.05, 4.69) is 42.3 Å². The van der Waals surface area contributed by atoms with Gasteiger partial charge in [0.15, 0.2) is 0 Å². The highest BCUT2D eigenvalue weighted by atomic mass is 16.5. The number of rotatable bonds is 9. The fourth-order valence-electron chi connectivity index (χ4n) is 3.33. The number of nitrogens with zero attached hydrogens (tertiary/aromatic N) is 1. The van der Waals surface area contributed by atoms with Gasteiger partial charge < -0.3 is 14.5 Å². The molecule has 148 valence electrons. The molecule has 0 unspecified atom stereocenters. The second-order valence-corrected chi connectivity index (χ2v) is 6.81. The van der Waals surface area contributed by atoms with Crippen LogP contribution in [0.3, 0.4) is 0 Å². The van der Waals surface area contributed by atoms with Crippen molar-refractivity contribution in [2.24, 2.45) is 0 Å². The first-order chi connectivity index (χ1) is 13.6. The highest BCUT2D eigenvalue weighted by Crippen LogP contribution is 2.25. The van der Waals surface area contributed by atoms with E-state index in [-0.39, 0.29) is 12.3 Å². The van der Waals surface area contributed by atoms with Gasteiger partial charge in [0.05, 0.1) is 19.8 Å². The van der Waals surface area contributed by atoms with Crippen molar-refractivity contribution in [2.75, 3.05) is 20.2 Å². The molecule has 0 fully saturated rings. The van der Waals surface area contributed by atoms with Gasteiger partial charge in [-0.2, -0.15) is 0 Å². The molecule has 0 spiro atoms. The van der Waals surface area contributed by atoms with Crippen LogP contribution in [0.25, 0.3) is 11.0 Å². The molecule has 0 aliphatic carbocycles. The molecule has 0 saturated heterocycles. The first-order valence-corrected chi connectivity index (χ1v) is 9.74. The predicted octanol–water partition coefficient (Wildman–Crippen LogP) is 4.14. The van der Waals surface area contributed by atoms with Crippen molar-refractivity contribution in [2.45, 2.75) is 33.4 Å². The largest absolute Gasteiger partial charge is 0.497 e. The summed E-state index contributed by atoms with van der Waals surface area (Å²) in [7, 11) is 1.62. The van der Waals surface area contributed by atoms with E-state index >= 15 is 0 Å². The molecule has 3 rings (SSSR count). The van der Waals surface area contributed by atoms with Crippen LogP contribution in [-0.4, -0.2) is 31.0 Å². The zero-order valence-electron chi connectivity index (χ0n) is 16.8. The van der Waals surface area contributed by atoms with E-state index in [4.69, 9.17) is 9.15 Å². The lowest BCUT2D eigenvalue weighted by atomic mass is 10.1. The Morgan fingerprint density at radius 1 is 1.07 bits per heavy atom. The van der Waals surface area contributed by atoms with Gasteiger partial charge in [0.1, 0.15) is 11.3 Å². The third kappa shape index (κ3) is 4.73. The van der Waals surface area contributed by atoms with Crippen molar-refractivity contribution >= 4 is 16.9 Å². The Labute approximate surface area is 166 Å². The molecule has 0 saturated carbocycles. The van der Waals surface area contributed by atoms with E-state index < -0.39 is 0 Å². The Hall–Kier alpha value is -2.79. The molecular weight excluding hydrogens is 352 g/mol. The summed E-state index contributed by atoms with van der Waals surface area (Å²) < 4.78 is 10.8. The monoisotopic (exact) mass is 380 g/mol. The van der Waals surface area contributed by atoms with Gasteiger partial charge in [-0.3, -0.25) is 9.69 Å². The molecular formula is C23H28N2O3. The van der Waals surface area contributed by atoms with Crippen LogP contribution < -0.4 is 10.1 Å². The third-order valence-corrected chi connectivity index (χ3v) is 5.10. The molecule has 0 aliphatic rings. The summed E-state index contributed by atoms with van der Waals surface area (Å²) in [6, 6.07) is 13.9. The minimum Gasteiger partial charge on any atom is -0.497 e. The van der Waals surface area contributed by atoms with Gasteiger partial charge in [-0.05, 0) is 36.3 Å². The number of furan rings is 1. The minimum absolute atomic E-state index is 0.0174. The zero-order chi connectivity index (χ0) is 19.9. The fraction of sp³-hybridized carbons (Fsp3) is 0.348. The number of methoxy groups -OCH3 is 1. The normalized spacial score (nSPS) is 11.1. The summed E-state index contributed by atoms with van der Waals surface area (Å²) in [5.74, 6) is 0.721. The van der Waals surface area contributed by atoms with Gasteiger partial charge in [-0.25, -0.2) is 0 Å². The van der Waals surface area contributed by atoms with Crippen LogP contribution >= 0.6 is 0 Å². The number of carbonyl (C=O) groups excluding carboxylic acids is 1. The number of carbonyl (C=O) groups is 1. The van der Waals surface area contributed by atoms with Crippen molar-refractivity contribution in [3.05, 3.63) is 65.4 Å². The topological polar surface area (TPSA) is 54.7 Å². The smallest absolute Gasteiger partial charge is 0.224 e. The maximum Gasteiger partial charge on any atom is 0.224 e. The fourth-order valence-corrected chi connectivity index (χ4v) is 3.33. The van der Waals surface area contributed by atoms with Gasteiger partial charge in [0, 0.05) is 30.1 Å². The van der Waals surface area contributed by atoms with Crippen LogP contribution in [0.15, 0.2) is 53.1 Å². The van der Waals surface area contributed by atoms with E-state index in [0.29, 0.717) is 6.54 Å². The van der Waals surface area contributed by atoms with Crippen LogP contribution in [0.2, 0.25) is 0 Å². The van der Waals surface area contributed by atoms with Crippen LogP contribution in [-0.2, 0) is 24.3 Å². The molecule has 1 heterocycles. The first-order valence-electron chi connectivity index (χ1n) is 9.74. The Morgan fingerprint density at radius 3 is 2.54 bits per heavy atom. The van der Waals surface area contributed by atoms with Crippen LogP contribution in [0.1, 0.15) is 30.5 Å². The van der Waals surface area contributed by atoms with Crippen molar-refractivity contribution in [1.29, 1.82) is 0 Å². The van der Waals surface area contributed by atoms with Gasteiger partial charge in [0.2, 0.25) is 5.91 Å². The lowest BCUT2D eigenvalue weighted by Crippen LogP contribution is -2.27. The molecule has 0 bridgehead atoms. The highest BCUT2D eigenvalue weighted by molar-refractivity contribution is 5.88. The van der Waals surface area contributed by atoms with Crippen LogP contribution in [0, 0.1) is 0 Å². The van der Waals surface area contributed by atoms with Gasteiger partial charge >= 0.3 is 0 Å². The van der Waals surface area contributed by atoms with E-state index in [0.717, 1.165) is 47.5 Å². The molecule has 1 amide bonds. The van der Waals surface area contributed by atoms with E-state index in [9.17, 15) is 4.79 Å². The highest BCUT2D eigenvalue weighted by Gasteiger charge is 2.12. The number of benzene rings is 2. The number of ether oxygens (including phenoxy) is 1. The van der Waals surface area contributed by atoms with Gasteiger partial charge in [-0.15, -0.1) is 0 Å². The average molecular weight is 380 g/mol. The van der Waals surface area contributed by atoms with E-state index in [1.165, 1.54) is 5.56 Å². The molecule has 3 aromatic rings. The van der Waals surface area contributed by atoms with Gasteiger partial charge in [0.25, 0.3) is 0 Å². The molecule has 1 N–H and O–H groups in total.